The summed E-state index contributed by atoms with van der Waals surface area (Å²) >= 11 is 0. The molecule has 1 saturated carbocycles. The van der Waals surface area contributed by atoms with Crippen molar-refractivity contribution in [2.75, 3.05) is 19.7 Å². The van der Waals surface area contributed by atoms with Gasteiger partial charge >= 0.3 is 0 Å². The zero-order valence-corrected chi connectivity index (χ0v) is 9.47. The molecule has 2 aliphatic rings. The van der Waals surface area contributed by atoms with E-state index in [-0.39, 0.29) is 0 Å². The first-order valence-electron chi connectivity index (χ1n) is 5.68. The molecule has 3 nitrogen and oxygen atoms in total. The molecule has 14 heavy (non-hydrogen) atoms. The molecule has 0 aromatic heterocycles. The lowest BCUT2D eigenvalue weighted by Gasteiger charge is -2.30. The van der Waals surface area contributed by atoms with Crippen molar-refractivity contribution in [3.05, 3.63) is 0 Å². The molecule has 82 valence electrons. The SMILES string of the molecule is CC1OCCNC1CNC1CC1(C)C. The van der Waals surface area contributed by atoms with Crippen molar-refractivity contribution in [3.63, 3.8) is 0 Å². The van der Waals surface area contributed by atoms with E-state index in [9.17, 15) is 0 Å². The van der Waals surface area contributed by atoms with Gasteiger partial charge in [0, 0.05) is 25.2 Å². The van der Waals surface area contributed by atoms with Gasteiger partial charge in [0.25, 0.3) is 0 Å². The smallest absolute Gasteiger partial charge is 0.0713 e. The third-order valence-electron chi connectivity index (χ3n) is 3.55. The van der Waals surface area contributed by atoms with Crippen LogP contribution in [-0.2, 0) is 4.74 Å². The minimum atomic E-state index is 0.345. The summed E-state index contributed by atoms with van der Waals surface area (Å²) in [5.41, 5.74) is 0.527. The second-order valence-electron chi connectivity index (χ2n) is 5.29. The van der Waals surface area contributed by atoms with Gasteiger partial charge < -0.3 is 15.4 Å². The summed E-state index contributed by atoms with van der Waals surface area (Å²) in [6, 6.07) is 1.21. The Morgan fingerprint density at radius 1 is 1.50 bits per heavy atom. The Bertz CT molecular complexity index is 205. The highest BCUT2D eigenvalue weighted by Gasteiger charge is 2.45. The second-order valence-corrected chi connectivity index (χ2v) is 5.29. The number of rotatable bonds is 3. The van der Waals surface area contributed by atoms with Crippen molar-refractivity contribution < 1.29 is 4.74 Å². The first-order chi connectivity index (χ1) is 6.59. The molecule has 0 bridgehead atoms. The average Bonchev–Trinajstić information content (AvgIpc) is 2.73. The van der Waals surface area contributed by atoms with Gasteiger partial charge in [-0.15, -0.1) is 0 Å². The quantitative estimate of drug-likeness (QED) is 0.702. The number of hydrogen-bond acceptors (Lipinski definition) is 3. The van der Waals surface area contributed by atoms with E-state index in [0.29, 0.717) is 17.6 Å². The maximum atomic E-state index is 5.59. The van der Waals surface area contributed by atoms with Gasteiger partial charge in [0.05, 0.1) is 12.7 Å². The van der Waals surface area contributed by atoms with E-state index in [2.05, 4.69) is 31.4 Å². The number of hydrogen-bond donors (Lipinski definition) is 2. The minimum Gasteiger partial charge on any atom is -0.376 e. The standard InChI is InChI=1S/C11H22N2O/c1-8-9(12-4-5-14-8)7-13-10-6-11(10,2)3/h8-10,12-13H,4-7H2,1-3H3. The molecule has 2 rings (SSSR count). The summed E-state index contributed by atoms with van der Waals surface area (Å²) in [6.07, 6.45) is 1.66. The predicted octanol–water partition coefficient (Wildman–Crippen LogP) is 0.751. The molecule has 1 heterocycles. The van der Waals surface area contributed by atoms with Gasteiger partial charge in [-0.2, -0.15) is 0 Å². The lowest BCUT2D eigenvalue weighted by molar-refractivity contribution is 0.00829. The largest absolute Gasteiger partial charge is 0.376 e. The fraction of sp³-hybridized carbons (Fsp3) is 1.00. The van der Waals surface area contributed by atoms with Crippen LogP contribution in [0, 0.1) is 5.41 Å². The van der Waals surface area contributed by atoms with E-state index < -0.39 is 0 Å². The highest BCUT2D eigenvalue weighted by Crippen LogP contribution is 2.44. The normalized spacial score (nSPS) is 40.9. The first kappa shape index (κ1) is 10.4. The molecule has 0 aromatic carbocycles. The van der Waals surface area contributed by atoms with Gasteiger partial charge in [-0.05, 0) is 18.8 Å². The maximum absolute atomic E-state index is 5.59. The average molecular weight is 198 g/mol. The Morgan fingerprint density at radius 3 is 2.79 bits per heavy atom. The van der Waals surface area contributed by atoms with Crippen LogP contribution in [0.25, 0.3) is 0 Å². The van der Waals surface area contributed by atoms with Crippen LogP contribution in [0.2, 0.25) is 0 Å². The highest BCUT2D eigenvalue weighted by atomic mass is 16.5. The fourth-order valence-electron chi connectivity index (χ4n) is 2.09. The van der Waals surface area contributed by atoms with Crippen molar-refractivity contribution in [1.29, 1.82) is 0 Å². The summed E-state index contributed by atoms with van der Waals surface area (Å²) < 4.78 is 5.59. The lowest BCUT2D eigenvalue weighted by Crippen LogP contribution is -2.52. The van der Waals surface area contributed by atoms with Crippen LogP contribution in [0.1, 0.15) is 27.2 Å². The third-order valence-corrected chi connectivity index (χ3v) is 3.55. The van der Waals surface area contributed by atoms with Crippen molar-refractivity contribution >= 4 is 0 Å². The molecule has 0 aromatic rings. The Balaban J connectivity index is 1.70. The lowest BCUT2D eigenvalue weighted by atomic mass is 10.1. The summed E-state index contributed by atoms with van der Waals surface area (Å²) in [5, 5.41) is 7.10. The Hall–Kier alpha value is -0.120. The molecule has 3 atom stereocenters. The third kappa shape index (κ3) is 2.27. The molecule has 0 radical (unpaired) electrons. The van der Waals surface area contributed by atoms with Gasteiger partial charge in [-0.1, -0.05) is 13.8 Å². The van der Waals surface area contributed by atoms with Gasteiger partial charge in [-0.25, -0.2) is 0 Å². The molecule has 1 aliphatic carbocycles. The van der Waals surface area contributed by atoms with E-state index in [4.69, 9.17) is 4.74 Å². The second kappa shape index (κ2) is 3.80. The molecule has 1 aliphatic heterocycles. The van der Waals surface area contributed by atoms with E-state index >= 15 is 0 Å². The highest BCUT2D eigenvalue weighted by molar-refractivity contribution is 5.02. The molecule has 0 spiro atoms. The van der Waals surface area contributed by atoms with Crippen LogP contribution in [0.4, 0.5) is 0 Å². The zero-order chi connectivity index (χ0) is 10.2. The first-order valence-corrected chi connectivity index (χ1v) is 5.68. The van der Waals surface area contributed by atoms with E-state index in [1.165, 1.54) is 6.42 Å². The van der Waals surface area contributed by atoms with Crippen LogP contribution < -0.4 is 10.6 Å². The van der Waals surface area contributed by atoms with Crippen LogP contribution in [-0.4, -0.2) is 37.9 Å². The maximum Gasteiger partial charge on any atom is 0.0713 e. The van der Waals surface area contributed by atoms with E-state index in [1.54, 1.807) is 0 Å². The van der Waals surface area contributed by atoms with Gasteiger partial charge in [0.2, 0.25) is 0 Å². The van der Waals surface area contributed by atoms with Gasteiger partial charge in [0.1, 0.15) is 0 Å². The minimum absolute atomic E-state index is 0.345. The Morgan fingerprint density at radius 2 is 2.21 bits per heavy atom. The summed E-state index contributed by atoms with van der Waals surface area (Å²) in [4.78, 5) is 0. The van der Waals surface area contributed by atoms with E-state index in [0.717, 1.165) is 25.7 Å². The van der Waals surface area contributed by atoms with Crippen molar-refractivity contribution in [1.82, 2.24) is 10.6 Å². The van der Waals surface area contributed by atoms with Crippen LogP contribution in [0.5, 0.6) is 0 Å². The monoisotopic (exact) mass is 198 g/mol. The molecular weight excluding hydrogens is 176 g/mol. The van der Waals surface area contributed by atoms with Crippen LogP contribution >= 0.6 is 0 Å². The fourth-order valence-corrected chi connectivity index (χ4v) is 2.09. The van der Waals surface area contributed by atoms with E-state index in [1.807, 2.05) is 0 Å². The van der Waals surface area contributed by atoms with Gasteiger partial charge in [0.15, 0.2) is 0 Å². The molecule has 1 saturated heterocycles. The molecule has 3 unspecified atom stereocenters. The number of morpholine rings is 1. The van der Waals surface area contributed by atoms with Crippen molar-refractivity contribution in [3.8, 4) is 0 Å². The van der Waals surface area contributed by atoms with Crippen molar-refractivity contribution in [2.24, 2.45) is 5.41 Å². The summed E-state index contributed by atoms with van der Waals surface area (Å²) in [6.45, 7) is 9.67. The molecule has 3 heteroatoms. The molecule has 0 amide bonds. The van der Waals surface area contributed by atoms with Gasteiger partial charge in [-0.3, -0.25) is 0 Å². The Labute approximate surface area is 86.6 Å². The summed E-state index contributed by atoms with van der Waals surface area (Å²) in [7, 11) is 0. The Kier molecular flexibility index (Phi) is 2.82. The topological polar surface area (TPSA) is 33.3 Å². The predicted molar refractivity (Wildman–Crippen MR) is 57.4 cm³/mol. The van der Waals surface area contributed by atoms with Crippen molar-refractivity contribution in [2.45, 2.75) is 45.4 Å². The zero-order valence-electron chi connectivity index (χ0n) is 9.47. The molecule has 2 fully saturated rings. The van der Waals surface area contributed by atoms with Crippen LogP contribution in [0.3, 0.4) is 0 Å². The number of ether oxygens (including phenoxy) is 1. The summed E-state index contributed by atoms with van der Waals surface area (Å²) in [5.74, 6) is 0. The van der Waals surface area contributed by atoms with Crippen LogP contribution in [0.15, 0.2) is 0 Å². The number of nitrogens with one attached hydrogen (secondary N) is 2. The molecular formula is C11H22N2O. The molecule has 2 N–H and O–H groups in total.